The summed E-state index contributed by atoms with van der Waals surface area (Å²) < 4.78 is 0. The topological polar surface area (TPSA) is 52.5 Å². The third kappa shape index (κ3) is 4.78. The molecule has 0 saturated heterocycles. The van der Waals surface area contributed by atoms with Gasteiger partial charge < -0.3 is 10.3 Å². The first kappa shape index (κ1) is 28.0. The Morgan fingerprint density at radius 1 is 0.521 bits per heavy atom. The van der Waals surface area contributed by atoms with Gasteiger partial charge in [-0.2, -0.15) is 0 Å². The van der Waals surface area contributed by atoms with Crippen LogP contribution in [0.2, 0.25) is 0 Å². The normalized spacial score (nSPS) is 24.4. The zero-order chi connectivity index (χ0) is 31.9. The summed E-state index contributed by atoms with van der Waals surface area (Å²) in [6, 6.07) is 46.8. The van der Waals surface area contributed by atoms with Crippen molar-refractivity contribution in [3.8, 4) is 0 Å². The van der Waals surface area contributed by atoms with Gasteiger partial charge >= 0.3 is 0 Å². The van der Waals surface area contributed by atoms with Crippen molar-refractivity contribution in [2.45, 2.75) is 12.0 Å². The largest absolute Gasteiger partial charge is 0.371 e. The lowest BCUT2D eigenvalue weighted by Gasteiger charge is -2.35. The van der Waals surface area contributed by atoms with Crippen molar-refractivity contribution in [3.63, 3.8) is 0 Å². The molecular formula is C44H32N4. The molecule has 228 valence electrons. The highest BCUT2D eigenvalue weighted by Crippen LogP contribution is 2.46. The molecule has 1 unspecified atom stereocenters. The van der Waals surface area contributed by atoms with Gasteiger partial charge in [-0.25, -0.2) is 9.98 Å². The van der Waals surface area contributed by atoms with Crippen molar-refractivity contribution in [2.75, 3.05) is 0 Å². The van der Waals surface area contributed by atoms with Gasteiger partial charge in [0.1, 0.15) is 0 Å². The first-order valence-corrected chi connectivity index (χ1v) is 16.4. The Bertz CT molecular complexity index is 2400. The molecule has 9 rings (SSSR count). The molecule has 0 fully saturated rings. The minimum absolute atomic E-state index is 0.548. The molecule has 0 spiro atoms. The van der Waals surface area contributed by atoms with E-state index in [1.807, 2.05) is 0 Å². The molecule has 48 heavy (non-hydrogen) atoms. The van der Waals surface area contributed by atoms with Crippen LogP contribution in [-0.2, 0) is 5.54 Å². The van der Waals surface area contributed by atoms with Crippen molar-refractivity contribution < 1.29 is 0 Å². The van der Waals surface area contributed by atoms with Crippen LogP contribution >= 0.6 is 0 Å². The average Bonchev–Trinajstić information content (AvgIpc) is 3.97. The first-order valence-electron chi connectivity index (χ1n) is 16.4. The van der Waals surface area contributed by atoms with E-state index in [1.165, 1.54) is 5.56 Å². The standard InChI is InChI=1S/C44H32N4/c1-5-13-30(14-6-1)41-36-22-21-34(45-36)29-35-27-28-44(48-35,33-19-11-4-12-20-33)43(32-17-9-3-10-18-32)40-26-25-39(47-40)42(31-15-7-2-8-16-31)38-24-23-37(41)46-38/h1-27,29,46,48H,28H2/b34-29-,41-37-,42-38-,43-40-. The zero-order valence-corrected chi connectivity index (χ0v) is 26.3. The molecule has 0 aliphatic carbocycles. The van der Waals surface area contributed by atoms with Gasteiger partial charge in [-0.1, -0.05) is 127 Å². The van der Waals surface area contributed by atoms with E-state index in [1.54, 1.807) is 0 Å². The van der Waals surface area contributed by atoms with Gasteiger partial charge in [0.2, 0.25) is 0 Å². The summed E-state index contributed by atoms with van der Waals surface area (Å²) in [7, 11) is 0. The van der Waals surface area contributed by atoms with Crippen LogP contribution in [-0.4, -0.2) is 16.4 Å². The van der Waals surface area contributed by atoms with E-state index in [-0.39, 0.29) is 0 Å². The van der Waals surface area contributed by atoms with Crippen LogP contribution in [0.25, 0.3) is 16.7 Å². The second-order valence-corrected chi connectivity index (χ2v) is 12.4. The highest BCUT2D eigenvalue weighted by molar-refractivity contribution is 6.31. The molecule has 4 aliphatic heterocycles. The maximum atomic E-state index is 5.48. The molecule has 0 amide bonds. The summed E-state index contributed by atoms with van der Waals surface area (Å²) in [5.41, 5.74) is 12.0. The minimum atomic E-state index is -0.548. The minimum Gasteiger partial charge on any atom is -0.371 e. The number of aromatic amines is 1. The Labute approximate surface area is 279 Å². The van der Waals surface area contributed by atoms with Crippen LogP contribution in [0.3, 0.4) is 0 Å². The van der Waals surface area contributed by atoms with E-state index < -0.39 is 5.54 Å². The molecule has 5 aromatic rings. The Balaban J connectivity index is 1.39. The Kier molecular flexibility index (Phi) is 6.72. The fourth-order valence-corrected chi connectivity index (χ4v) is 7.32. The first-order chi connectivity index (χ1) is 23.7. The van der Waals surface area contributed by atoms with Crippen LogP contribution in [0.4, 0.5) is 0 Å². The van der Waals surface area contributed by atoms with Gasteiger partial charge in [0.25, 0.3) is 0 Å². The summed E-state index contributed by atoms with van der Waals surface area (Å²) in [6.07, 6.45) is 13.8. The molecule has 0 radical (unpaired) electrons. The number of aromatic nitrogens is 1. The van der Waals surface area contributed by atoms with E-state index in [9.17, 15) is 0 Å². The molecule has 4 heteroatoms. The predicted molar refractivity (Wildman–Crippen MR) is 196 cm³/mol. The fourth-order valence-electron chi connectivity index (χ4n) is 7.32. The maximum absolute atomic E-state index is 5.48. The second kappa shape index (κ2) is 11.5. The van der Waals surface area contributed by atoms with Crippen molar-refractivity contribution in [2.24, 2.45) is 9.98 Å². The van der Waals surface area contributed by atoms with Crippen LogP contribution in [0.15, 0.2) is 197 Å². The van der Waals surface area contributed by atoms with Crippen LogP contribution in [0.1, 0.15) is 28.7 Å². The molecule has 0 saturated carbocycles. The molecule has 8 bridgehead atoms. The van der Waals surface area contributed by atoms with E-state index in [2.05, 4.69) is 180 Å². The smallest absolute Gasteiger partial charge is 0.0941 e. The molecule has 4 aromatic carbocycles. The third-order valence-electron chi connectivity index (χ3n) is 9.46. The van der Waals surface area contributed by atoms with Crippen molar-refractivity contribution in [3.05, 3.63) is 220 Å². The van der Waals surface area contributed by atoms with E-state index in [0.717, 1.165) is 79.0 Å². The van der Waals surface area contributed by atoms with Crippen LogP contribution < -0.4 is 16.0 Å². The lowest BCUT2D eigenvalue weighted by molar-refractivity contribution is 0.523. The summed E-state index contributed by atoms with van der Waals surface area (Å²) in [5.74, 6) is 0. The van der Waals surface area contributed by atoms with Gasteiger partial charge in [-0.3, -0.25) is 0 Å². The number of nitrogens with one attached hydrogen (secondary N) is 2. The summed E-state index contributed by atoms with van der Waals surface area (Å²) in [6.45, 7) is 0. The summed E-state index contributed by atoms with van der Waals surface area (Å²) in [4.78, 5) is 14.5. The maximum Gasteiger partial charge on any atom is 0.0941 e. The number of hydrogen-bond acceptors (Lipinski definition) is 3. The molecule has 2 N–H and O–H groups in total. The van der Waals surface area contributed by atoms with Gasteiger partial charge in [0.15, 0.2) is 0 Å². The van der Waals surface area contributed by atoms with Crippen LogP contribution in [0, 0.1) is 0 Å². The number of rotatable bonds is 4. The number of fused-ring (bicyclic) bond motifs is 6. The Morgan fingerprint density at radius 3 is 1.69 bits per heavy atom. The highest BCUT2D eigenvalue weighted by Gasteiger charge is 2.42. The Morgan fingerprint density at radius 2 is 1.06 bits per heavy atom. The fraction of sp³-hybridized carbons (Fsp3) is 0.0455. The van der Waals surface area contributed by atoms with Crippen molar-refractivity contribution in [1.82, 2.24) is 10.3 Å². The molecular weight excluding hydrogens is 585 g/mol. The quantitative estimate of drug-likeness (QED) is 0.216. The van der Waals surface area contributed by atoms with Gasteiger partial charge in [0, 0.05) is 33.1 Å². The molecule has 1 atom stereocenters. The molecule has 4 nitrogen and oxygen atoms in total. The van der Waals surface area contributed by atoms with E-state index in [4.69, 9.17) is 9.98 Å². The number of H-pyrrole nitrogens is 1. The zero-order valence-electron chi connectivity index (χ0n) is 26.3. The van der Waals surface area contributed by atoms with Gasteiger partial charge in [0.05, 0.1) is 28.4 Å². The lowest BCUT2D eigenvalue weighted by atomic mass is 9.77. The predicted octanol–water partition coefficient (Wildman–Crippen LogP) is 7.52. The van der Waals surface area contributed by atoms with Crippen molar-refractivity contribution in [1.29, 1.82) is 0 Å². The van der Waals surface area contributed by atoms with Crippen molar-refractivity contribution >= 4 is 28.1 Å². The summed E-state index contributed by atoms with van der Waals surface area (Å²) in [5, 5.41) is 6.01. The monoisotopic (exact) mass is 616 g/mol. The highest BCUT2D eigenvalue weighted by atomic mass is 15.0. The van der Waals surface area contributed by atoms with Gasteiger partial charge in [-0.05, 0) is 71.2 Å². The number of benzene rings is 4. The second-order valence-electron chi connectivity index (χ2n) is 12.4. The Hall–Kier alpha value is -6.26. The van der Waals surface area contributed by atoms with E-state index in [0.29, 0.717) is 0 Å². The molecule has 5 heterocycles. The number of hydrogen-bond donors (Lipinski definition) is 2. The van der Waals surface area contributed by atoms with Gasteiger partial charge in [-0.15, -0.1) is 0 Å². The third-order valence-corrected chi connectivity index (χ3v) is 9.46. The number of aliphatic imine (C=N–C) groups is 2. The van der Waals surface area contributed by atoms with Crippen LogP contribution in [0.5, 0.6) is 0 Å². The number of nitrogens with zero attached hydrogens (tertiary/aromatic N) is 2. The molecule has 1 aromatic heterocycles. The summed E-state index contributed by atoms with van der Waals surface area (Å²) >= 11 is 0. The molecule has 4 aliphatic rings. The SMILES string of the molecule is C1=C/C2=C/C3=CCC(c4ccccc4)(N3)/C(c3ccccc3)=C3/C=CC(=N3)/C(c3ccccc3)=c3/cc/c([nH]3)=C(\c3ccccc3)C1=N2. The number of allylic oxidation sites excluding steroid dienone is 5. The van der Waals surface area contributed by atoms with E-state index >= 15 is 0 Å². The average molecular weight is 617 g/mol. The lowest BCUT2D eigenvalue weighted by Crippen LogP contribution is -2.39.